The molecule has 9 heteroatoms. The number of hydrogen-bond acceptors (Lipinski definition) is 2. The van der Waals surface area contributed by atoms with E-state index in [-0.39, 0.29) is 16.8 Å². The lowest BCUT2D eigenvalue weighted by Gasteiger charge is -2.14. The van der Waals surface area contributed by atoms with Gasteiger partial charge < -0.3 is 4.98 Å². The number of anilines is 1. The first-order chi connectivity index (χ1) is 14.5. The second kappa shape index (κ2) is 7.42. The van der Waals surface area contributed by atoms with Gasteiger partial charge in [0.05, 0.1) is 11.8 Å². The summed E-state index contributed by atoms with van der Waals surface area (Å²) in [6.07, 6.45) is -1.96. The quantitative estimate of drug-likeness (QED) is 0.375. The van der Waals surface area contributed by atoms with Gasteiger partial charge in [-0.1, -0.05) is 12.1 Å². The van der Waals surface area contributed by atoms with Crippen molar-refractivity contribution < 1.29 is 26.0 Å². The van der Waals surface area contributed by atoms with Gasteiger partial charge in [-0.15, -0.1) is 0 Å². The van der Waals surface area contributed by atoms with Gasteiger partial charge in [-0.05, 0) is 65.2 Å². The lowest BCUT2D eigenvalue weighted by atomic mass is 9.95. The third-order valence-electron chi connectivity index (χ3n) is 4.75. The fourth-order valence-corrected chi connectivity index (χ4v) is 4.02. The number of hydrogen-bond donors (Lipinski definition) is 2. The molecule has 0 bridgehead atoms. The first-order valence-electron chi connectivity index (χ1n) is 9.08. The summed E-state index contributed by atoms with van der Waals surface area (Å²) in [6, 6.07) is 13.8. The van der Waals surface area contributed by atoms with Crippen LogP contribution < -0.4 is 4.72 Å². The van der Waals surface area contributed by atoms with E-state index in [0.29, 0.717) is 17.2 Å². The van der Waals surface area contributed by atoms with Gasteiger partial charge in [0.25, 0.3) is 0 Å². The first-order valence-corrected chi connectivity index (χ1v) is 11.0. The molecule has 2 N–H and O–H groups in total. The van der Waals surface area contributed by atoms with E-state index >= 15 is 0 Å². The maximum Gasteiger partial charge on any atom is 0.416 e. The average molecular weight is 448 g/mol. The van der Waals surface area contributed by atoms with Crippen molar-refractivity contribution in [1.29, 1.82) is 0 Å². The molecule has 0 amide bonds. The fraction of sp³-hybridized carbons (Fsp3) is 0.0909. The van der Waals surface area contributed by atoms with E-state index in [1.54, 1.807) is 24.4 Å². The Balaban J connectivity index is 1.96. The molecule has 0 spiro atoms. The molecule has 0 atom stereocenters. The summed E-state index contributed by atoms with van der Waals surface area (Å²) in [7, 11) is -3.68. The van der Waals surface area contributed by atoms with Crippen LogP contribution in [0.4, 0.5) is 23.2 Å². The Morgan fingerprint density at radius 3 is 2.29 bits per heavy atom. The van der Waals surface area contributed by atoms with Gasteiger partial charge in [0.15, 0.2) is 0 Å². The minimum atomic E-state index is -4.65. The van der Waals surface area contributed by atoms with E-state index in [4.69, 9.17) is 0 Å². The molecule has 0 aliphatic carbocycles. The van der Waals surface area contributed by atoms with Crippen LogP contribution in [0.25, 0.3) is 33.2 Å². The van der Waals surface area contributed by atoms with Crippen molar-refractivity contribution in [3.63, 3.8) is 0 Å². The molecule has 0 saturated heterocycles. The van der Waals surface area contributed by atoms with E-state index in [9.17, 15) is 26.0 Å². The third kappa shape index (κ3) is 4.41. The van der Waals surface area contributed by atoms with Gasteiger partial charge in [0.1, 0.15) is 5.82 Å². The van der Waals surface area contributed by atoms with Crippen molar-refractivity contribution in [3.05, 3.63) is 78.2 Å². The maximum atomic E-state index is 14.5. The maximum absolute atomic E-state index is 14.5. The number of halogens is 4. The van der Waals surface area contributed by atoms with Gasteiger partial charge in [-0.3, -0.25) is 4.72 Å². The topological polar surface area (TPSA) is 62.0 Å². The number of aromatic amines is 1. The van der Waals surface area contributed by atoms with Crippen LogP contribution in [0.2, 0.25) is 0 Å². The van der Waals surface area contributed by atoms with Crippen molar-refractivity contribution in [2.24, 2.45) is 0 Å². The molecule has 0 saturated carbocycles. The van der Waals surface area contributed by atoms with E-state index in [0.717, 1.165) is 29.3 Å². The molecule has 4 rings (SSSR count). The first kappa shape index (κ1) is 20.9. The molecule has 0 fully saturated rings. The monoisotopic (exact) mass is 448 g/mol. The Kier molecular flexibility index (Phi) is 5.01. The van der Waals surface area contributed by atoms with Gasteiger partial charge in [0, 0.05) is 28.4 Å². The Bertz CT molecular complexity index is 1390. The van der Waals surface area contributed by atoms with Gasteiger partial charge >= 0.3 is 6.18 Å². The van der Waals surface area contributed by atoms with Crippen LogP contribution in [-0.2, 0) is 16.2 Å². The zero-order valence-electron chi connectivity index (χ0n) is 16.1. The third-order valence-corrected chi connectivity index (χ3v) is 5.35. The van der Waals surface area contributed by atoms with Crippen LogP contribution in [-0.4, -0.2) is 19.7 Å². The zero-order chi connectivity index (χ0) is 22.4. The summed E-state index contributed by atoms with van der Waals surface area (Å²) in [4.78, 5) is 3.07. The van der Waals surface area contributed by atoms with Crippen LogP contribution >= 0.6 is 0 Å². The van der Waals surface area contributed by atoms with Crippen molar-refractivity contribution in [3.8, 4) is 22.3 Å². The number of benzene rings is 3. The summed E-state index contributed by atoms with van der Waals surface area (Å²) in [5, 5.41) is 0.828. The van der Waals surface area contributed by atoms with Crippen molar-refractivity contribution in [1.82, 2.24) is 4.98 Å². The summed E-state index contributed by atoms with van der Waals surface area (Å²) in [6.45, 7) is 0. The standard InChI is InChI=1S/C22H16F4N2O2S/c1-31(29,30)28-16-10-13(17-3-2-4-21-18(17)7-8-27-21)9-14(11-16)19-12-15(22(24,25)26)5-6-20(19)23/h2-12,27-28H,1H3. The van der Waals surface area contributed by atoms with Gasteiger partial charge in [-0.2, -0.15) is 13.2 Å². The SMILES string of the molecule is CS(=O)(=O)Nc1cc(-c2cc(C(F)(F)F)ccc2F)cc(-c2cccc3[nH]ccc23)c1. The van der Waals surface area contributed by atoms with Gasteiger partial charge in [0.2, 0.25) is 10.0 Å². The number of nitrogens with one attached hydrogen (secondary N) is 2. The van der Waals surface area contributed by atoms with E-state index in [2.05, 4.69) is 9.71 Å². The second-order valence-electron chi connectivity index (χ2n) is 7.11. The number of aromatic nitrogens is 1. The molecular formula is C22H16F4N2O2S. The van der Waals surface area contributed by atoms with Crippen molar-refractivity contribution in [2.75, 3.05) is 11.0 Å². The van der Waals surface area contributed by atoms with Crippen LogP contribution in [0.5, 0.6) is 0 Å². The highest BCUT2D eigenvalue weighted by molar-refractivity contribution is 7.92. The van der Waals surface area contributed by atoms with Crippen molar-refractivity contribution in [2.45, 2.75) is 6.18 Å². The largest absolute Gasteiger partial charge is 0.416 e. The smallest absolute Gasteiger partial charge is 0.361 e. The molecule has 0 aliphatic heterocycles. The number of sulfonamides is 1. The Morgan fingerprint density at radius 2 is 1.61 bits per heavy atom. The van der Waals surface area contributed by atoms with Crippen LogP contribution in [0.15, 0.2) is 66.9 Å². The summed E-state index contributed by atoms with van der Waals surface area (Å²) in [5.74, 6) is -0.852. The van der Waals surface area contributed by atoms with Crippen LogP contribution in [0.3, 0.4) is 0 Å². The molecule has 3 aromatic carbocycles. The lowest BCUT2D eigenvalue weighted by Crippen LogP contribution is -2.10. The lowest BCUT2D eigenvalue weighted by molar-refractivity contribution is -0.137. The Morgan fingerprint density at radius 1 is 0.903 bits per heavy atom. The molecule has 1 aromatic heterocycles. The minimum absolute atomic E-state index is 0.111. The molecule has 0 unspecified atom stereocenters. The number of fused-ring (bicyclic) bond motifs is 1. The number of alkyl halides is 3. The second-order valence-corrected chi connectivity index (χ2v) is 8.86. The predicted octanol–water partition coefficient (Wildman–Crippen LogP) is 6.03. The van der Waals surface area contributed by atoms with Crippen molar-refractivity contribution >= 4 is 26.6 Å². The summed E-state index contributed by atoms with van der Waals surface area (Å²) >= 11 is 0. The number of rotatable bonds is 4. The molecule has 4 aromatic rings. The molecule has 4 nitrogen and oxygen atoms in total. The average Bonchev–Trinajstić information content (AvgIpc) is 3.14. The minimum Gasteiger partial charge on any atom is -0.361 e. The summed E-state index contributed by atoms with van der Waals surface area (Å²) in [5.41, 5.74) is 0.995. The molecule has 160 valence electrons. The highest BCUT2D eigenvalue weighted by Crippen LogP contribution is 2.37. The Labute approximate surface area is 175 Å². The Hall–Kier alpha value is -3.33. The fourth-order valence-electron chi connectivity index (χ4n) is 3.47. The molecule has 1 heterocycles. The van der Waals surface area contributed by atoms with E-state index < -0.39 is 27.6 Å². The van der Waals surface area contributed by atoms with Gasteiger partial charge in [-0.25, -0.2) is 12.8 Å². The normalized spacial score (nSPS) is 12.3. The molecular weight excluding hydrogens is 432 g/mol. The van der Waals surface area contributed by atoms with Crippen LogP contribution in [0, 0.1) is 5.82 Å². The number of H-pyrrole nitrogens is 1. The molecule has 0 radical (unpaired) electrons. The molecule has 31 heavy (non-hydrogen) atoms. The predicted molar refractivity (Wildman–Crippen MR) is 113 cm³/mol. The van der Waals surface area contributed by atoms with E-state index in [1.807, 2.05) is 12.1 Å². The summed E-state index contributed by atoms with van der Waals surface area (Å²) < 4.78 is 80.0. The highest BCUT2D eigenvalue weighted by Gasteiger charge is 2.31. The molecule has 0 aliphatic rings. The van der Waals surface area contributed by atoms with E-state index in [1.165, 1.54) is 12.1 Å². The van der Waals surface area contributed by atoms with Crippen LogP contribution in [0.1, 0.15) is 5.56 Å². The highest BCUT2D eigenvalue weighted by atomic mass is 32.2. The zero-order valence-corrected chi connectivity index (χ0v) is 16.9.